The van der Waals surface area contributed by atoms with Crippen LogP contribution in [0.15, 0.2) is 30.5 Å². The molecule has 158 valence electrons. The third-order valence-electron chi connectivity index (χ3n) is 4.19. The molecule has 3 aromatic rings. The quantitative estimate of drug-likeness (QED) is 0.633. The van der Waals surface area contributed by atoms with E-state index in [0.29, 0.717) is 11.3 Å². The fourth-order valence-corrected chi connectivity index (χ4v) is 2.83. The van der Waals surface area contributed by atoms with Gasteiger partial charge < -0.3 is 14.8 Å². The van der Waals surface area contributed by atoms with Crippen LogP contribution >= 0.6 is 0 Å². The van der Waals surface area contributed by atoms with Crippen LogP contribution in [-0.2, 0) is 9.53 Å². The molecular weight excluding hydrogens is 405 g/mol. The topological polar surface area (TPSA) is 95.3 Å². The molecule has 1 N–H and O–H groups in total. The van der Waals surface area contributed by atoms with Crippen molar-refractivity contribution in [1.82, 2.24) is 14.8 Å². The van der Waals surface area contributed by atoms with Crippen LogP contribution in [0.5, 0.6) is 5.75 Å². The number of fused-ring (bicyclic) bond motifs is 1. The molecule has 0 unspecified atom stereocenters. The van der Waals surface area contributed by atoms with E-state index in [2.05, 4.69) is 10.1 Å². The Morgan fingerprint density at radius 2 is 2.00 bits per heavy atom. The Hall–Kier alpha value is -3.63. The molecule has 0 aliphatic rings. The number of anilines is 1. The molecule has 2 aromatic heterocycles. The Kier molecular flexibility index (Phi) is 5.63. The number of para-hydroxylation sites is 1. The maximum atomic E-state index is 12.8. The van der Waals surface area contributed by atoms with E-state index in [1.165, 1.54) is 14.0 Å². The van der Waals surface area contributed by atoms with Crippen LogP contribution in [-0.4, -0.2) is 46.5 Å². The van der Waals surface area contributed by atoms with Gasteiger partial charge in [0, 0.05) is 5.39 Å². The molecule has 0 aliphatic carbocycles. The highest BCUT2D eigenvalue weighted by molar-refractivity contribution is 6.02. The number of pyridine rings is 1. The number of amides is 1. The minimum absolute atomic E-state index is 0.0127. The van der Waals surface area contributed by atoms with Gasteiger partial charge in [0.05, 0.1) is 19.9 Å². The highest BCUT2D eigenvalue weighted by Crippen LogP contribution is 2.30. The fraction of sp³-hybridized carbons (Fsp3) is 0.263. The molecule has 3 rings (SSSR count). The number of rotatable bonds is 5. The van der Waals surface area contributed by atoms with Gasteiger partial charge in [-0.3, -0.25) is 4.79 Å². The van der Waals surface area contributed by atoms with E-state index in [4.69, 9.17) is 9.47 Å². The zero-order chi connectivity index (χ0) is 22.1. The zero-order valence-corrected chi connectivity index (χ0v) is 16.2. The highest BCUT2D eigenvalue weighted by Gasteiger charge is 2.40. The first-order chi connectivity index (χ1) is 14.2. The second-order valence-electron chi connectivity index (χ2n) is 6.14. The average molecular weight is 422 g/mol. The number of methoxy groups -OCH3 is 1. The van der Waals surface area contributed by atoms with Crippen molar-refractivity contribution in [2.24, 2.45) is 0 Å². The predicted molar refractivity (Wildman–Crippen MR) is 101 cm³/mol. The second-order valence-corrected chi connectivity index (χ2v) is 6.14. The lowest BCUT2D eigenvalue weighted by atomic mass is 10.1. The molecule has 1 amide bonds. The van der Waals surface area contributed by atoms with Crippen molar-refractivity contribution in [2.45, 2.75) is 20.0 Å². The highest BCUT2D eigenvalue weighted by atomic mass is 19.4. The van der Waals surface area contributed by atoms with E-state index < -0.39 is 23.9 Å². The number of esters is 1. The van der Waals surface area contributed by atoms with Crippen molar-refractivity contribution >= 4 is 28.6 Å². The number of carbonyl (C=O) groups is 2. The first kappa shape index (κ1) is 21.1. The van der Waals surface area contributed by atoms with Gasteiger partial charge in [0.1, 0.15) is 16.8 Å². The summed E-state index contributed by atoms with van der Waals surface area (Å²) in [5.74, 6) is -3.17. The molecule has 0 aliphatic heterocycles. The SMILES string of the molecule is CCOC(=O)c1cnn(-c2cc(C)c3cccc(OC)c3n2)c1NC(=O)C(F)(F)F. The van der Waals surface area contributed by atoms with E-state index in [-0.39, 0.29) is 18.0 Å². The van der Waals surface area contributed by atoms with Crippen molar-refractivity contribution in [3.05, 3.63) is 41.6 Å². The van der Waals surface area contributed by atoms with Gasteiger partial charge in [-0.1, -0.05) is 12.1 Å². The lowest BCUT2D eigenvalue weighted by Crippen LogP contribution is -2.31. The molecule has 0 saturated heterocycles. The second kappa shape index (κ2) is 8.01. The third-order valence-corrected chi connectivity index (χ3v) is 4.19. The summed E-state index contributed by atoms with van der Waals surface area (Å²) in [5.41, 5.74) is 0.834. The number of carbonyl (C=O) groups excluding carboxylic acids is 2. The van der Waals surface area contributed by atoms with Crippen molar-refractivity contribution in [2.75, 3.05) is 19.0 Å². The molecule has 0 radical (unpaired) electrons. The fourth-order valence-electron chi connectivity index (χ4n) is 2.83. The summed E-state index contributed by atoms with van der Waals surface area (Å²) in [6.45, 7) is 3.30. The first-order valence-electron chi connectivity index (χ1n) is 8.75. The van der Waals surface area contributed by atoms with Crippen LogP contribution in [0.4, 0.5) is 19.0 Å². The largest absolute Gasteiger partial charge is 0.494 e. The first-order valence-corrected chi connectivity index (χ1v) is 8.75. The normalized spacial score (nSPS) is 11.4. The molecule has 0 saturated carbocycles. The van der Waals surface area contributed by atoms with Gasteiger partial charge in [0.2, 0.25) is 0 Å². The molecule has 1 aromatic carbocycles. The van der Waals surface area contributed by atoms with Crippen molar-refractivity contribution in [1.29, 1.82) is 0 Å². The molecule has 2 heterocycles. The third kappa shape index (κ3) is 3.91. The molecule has 0 spiro atoms. The van der Waals surface area contributed by atoms with Crippen LogP contribution in [0.2, 0.25) is 0 Å². The Labute approximate surface area is 168 Å². The lowest BCUT2D eigenvalue weighted by Gasteiger charge is -2.14. The molecule has 11 heteroatoms. The number of ether oxygens (including phenoxy) is 2. The van der Waals surface area contributed by atoms with Gasteiger partial charge in [0.15, 0.2) is 11.6 Å². The molecular formula is C19H17F3N4O4. The molecule has 0 bridgehead atoms. The number of hydrogen-bond donors (Lipinski definition) is 1. The number of aryl methyl sites for hydroxylation is 1. The van der Waals surface area contributed by atoms with Crippen LogP contribution in [0.25, 0.3) is 16.7 Å². The average Bonchev–Trinajstić information content (AvgIpc) is 3.10. The van der Waals surface area contributed by atoms with E-state index in [1.807, 2.05) is 6.07 Å². The van der Waals surface area contributed by atoms with E-state index in [1.54, 1.807) is 30.4 Å². The lowest BCUT2D eigenvalue weighted by molar-refractivity contribution is -0.167. The predicted octanol–water partition coefficient (Wildman–Crippen LogP) is 3.42. The number of hydrogen-bond acceptors (Lipinski definition) is 6. The van der Waals surface area contributed by atoms with Crippen LogP contribution in [0.1, 0.15) is 22.8 Å². The summed E-state index contributed by atoms with van der Waals surface area (Å²) in [5, 5.41) is 6.42. The number of halogens is 3. The van der Waals surface area contributed by atoms with E-state index in [0.717, 1.165) is 21.8 Å². The van der Waals surface area contributed by atoms with Crippen molar-refractivity contribution in [3.8, 4) is 11.6 Å². The standard InChI is InChI=1S/C19H17F3N4O4/c1-4-30-17(27)12-9-23-26(16(12)25-18(28)19(20,21)22)14-8-10(2)11-6-5-7-13(29-3)15(11)24-14/h5-9H,4H2,1-3H3,(H,25,28). The zero-order valence-electron chi connectivity index (χ0n) is 16.2. The summed E-state index contributed by atoms with van der Waals surface area (Å²) < 4.78 is 49.6. The number of benzene rings is 1. The minimum atomic E-state index is -5.17. The maximum absolute atomic E-state index is 12.8. The van der Waals surface area contributed by atoms with Crippen LogP contribution < -0.4 is 10.1 Å². The Morgan fingerprint density at radius 3 is 2.63 bits per heavy atom. The number of aromatic nitrogens is 3. The minimum Gasteiger partial charge on any atom is -0.494 e. The van der Waals surface area contributed by atoms with Crippen LogP contribution in [0.3, 0.4) is 0 Å². The van der Waals surface area contributed by atoms with Gasteiger partial charge in [-0.05, 0) is 31.5 Å². The van der Waals surface area contributed by atoms with Crippen molar-refractivity contribution in [3.63, 3.8) is 0 Å². The maximum Gasteiger partial charge on any atom is 0.471 e. The summed E-state index contributed by atoms with van der Waals surface area (Å²) in [4.78, 5) is 28.1. The number of alkyl halides is 3. The van der Waals surface area contributed by atoms with E-state index in [9.17, 15) is 22.8 Å². The van der Waals surface area contributed by atoms with Gasteiger partial charge in [-0.2, -0.15) is 23.0 Å². The Balaban J connectivity index is 2.20. The molecule has 0 fully saturated rings. The summed E-state index contributed by atoms with van der Waals surface area (Å²) in [6.07, 6.45) is -4.16. The molecule has 8 nitrogen and oxygen atoms in total. The Bertz CT molecular complexity index is 1120. The Morgan fingerprint density at radius 1 is 1.27 bits per heavy atom. The van der Waals surface area contributed by atoms with Gasteiger partial charge >= 0.3 is 18.1 Å². The van der Waals surface area contributed by atoms with Crippen LogP contribution in [0, 0.1) is 6.92 Å². The summed E-state index contributed by atoms with van der Waals surface area (Å²) >= 11 is 0. The molecule has 0 atom stereocenters. The van der Waals surface area contributed by atoms with Gasteiger partial charge in [-0.15, -0.1) is 0 Å². The number of nitrogens with one attached hydrogen (secondary N) is 1. The van der Waals surface area contributed by atoms with E-state index >= 15 is 0 Å². The smallest absolute Gasteiger partial charge is 0.471 e. The van der Waals surface area contributed by atoms with Crippen molar-refractivity contribution < 1.29 is 32.2 Å². The monoisotopic (exact) mass is 422 g/mol. The van der Waals surface area contributed by atoms with Gasteiger partial charge in [-0.25, -0.2) is 9.78 Å². The molecule has 30 heavy (non-hydrogen) atoms. The van der Waals surface area contributed by atoms with Gasteiger partial charge in [0.25, 0.3) is 0 Å². The number of nitrogens with zero attached hydrogens (tertiary/aromatic N) is 3. The summed E-state index contributed by atoms with van der Waals surface area (Å²) in [6, 6.07) is 6.83. The summed E-state index contributed by atoms with van der Waals surface area (Å²) in [7, 11) is 1.46.